The SMILES string of the molecule is COC(=O)CCCN1C(=O)/C(=C\c2ccc(-n3cncn3)c(F)c2)SC1=S. The Morgan fingerprint density at radius 2 is 2.26 bits per heavy atom. The van der Waals surface area contributed by atoms with Crippen LogP contribution in [0.3, 0.4) is 0 Å². The fourth-order valence-electron chi connectivity index (χ4n) is 2.46. The zero-order valence-corrected chi connectivity index (χ0v) is 15.9. The van der Waals surface area contributed by atoms with Gasteiger partial charge in [-0.3, -0.25) is 14.5 Å². The summed E-state index contributed by atoms with van der Waals surface area (Å²) in [5.74, 6) is -1.07. The van der Waals surface area contributed by atoms with Crippen molar-refractivity contribution in [2.45, 2.75) is 12.8 Å². The number of thioether (sulfide) groups is 1. The Morgan fingerprint density at radius 3 is 2.93 bits per heavy atom. The van der Waals surface area contributed by atoms with E-state index in [9.17, 15) is 14.0 Å². The molecule has 0 atom stereocenters. The fourth-order valence-corrected chi connectivity index (χ4v) is 3.77. The summed E-state index contributed by atoms with van der Waals surface area (Å²) in [5.41, 5.74) is 0.798. The Labute approximate surface area is 164 Å². The molecule has 0 unspecified atom stereocenters. The molecule has 7 nitrogen and oxygen atoms in total. The van der Waals surface area contributed by atoms with Gasteiger partial charge in [-0.25, -0.2) is 14.1 Å². The highest BCUT2D eigenvalue weighted by Crippen LogP contribution is 2.33. The highest BCUT2D eigenvalue weighted by molar-refractivity contribution is 8.26. The van der Waals surface area contributed by atoms with E-state index in [-0.39, 0.29) is 24.0 Å². The molecule has 1 aromatic heterocycles. The Balaban J connectivity index is 1.72. The van der Waals surface area contributed by atoms with Gasteiger partial charge in [-0.05, 0) is 30.2 Å². The topological polar surface area (TPSA) is 77.3 Å². The number of carbonyl (C=O) groups is 2. The summed E-state index contributed by atoms with van der Waals surface area (Å²) < 4.78 is 20.6. The predicted molar refractivity (Wildman–Crippen MR) is 102 cm³/mol. The first kappa shape index (κ1) is 19.2. The molecule has 0 spiro atoms. The van der Waals surface area contributed by atoms with E-state index in [0.29, 0.717) is 27.8 Å². The quantitative estimate of drug-likeness (QED) is 0.414. The number of rotatable bonds is 6. The largest absolute Gasteiger partial charge is 0.469 e. The molecule has 1 aliphatic heterocycles. The van der Waals surface area contributed by atoms with Gasteiger partial charge in [-0.2, -0.15) is 5.10 Å². The smallest absolute Gasteiger partial charge is 0.305 e. The molecule has 2 heterocycles. The van der Waals surface area contributed by atoms with Crippen LogP contribution in [0.2, 0.25) is 0 Å². The van der Waals surface area contributed by atoms with Crippen LogP contribution in [0.5, 0.6) is 0 Å². The average Bonchev–Trinajstić information content (AvgIpc) is 3.26. The second kappa shape index (κ2) is 8.40. The highest BCUT2D eigenvalue weighted by Gasteiger charge is 2.31. The number of halogens is 1. The average molecular weight is 406 g/mol. The third-order valence-corrected chi connectivity index (χ3v) is 5.18. The highest BCUT2D eigenvalue weighted by atomic mass is 32.2. The van der Waals surface area contributed by atoms with Crippen LogP contribution in [-0.2, 0) is 14.3 Å². The first-order valence-corrected chi connectivity index (χ1v) is 9.19. The maximum Gasteiger partial charge on any atom is 0.305 e. The van der Waals surface area contributed by atoms with Gasteiger partial charge in [-0.15, -0.1) is 0 Å². The second-order valence-electron chi connectivity index (χ2n) is 5.56. The van der Waals surface area contributed by atoms with Crippen LogP contribution >= 0.6 is 24.0 Å². The van der Waals surface area contributed by atoms with E-state index in [1.54, 1.807) is 18.2 Å². The van der Waals surface area contributed by atoms with Gasteiger partial charge in [0.05, 0.1) is 12.0 Å². The molecule has 0 saturated carbocycles. The monoisotopic (exact) mass is 406 g/mol. The molecule has 1 aromatic carbocycles. The van der Waals surface area contributed by atoms with Crippen LogP contribution in [0.1, 0.15) is 18.4 Å². The number of ether oxygens (including phenoxy) is 1. The molecule has 2 aromatic rings. The van der Waals surface area contributed by atoms with E-state index in [4.69, 9.17) is 12.2 Å². The van der Waals surface area contributed by atoms with Crippen molar-refractivity contribution in [2.75, 3.05) is 13.7 Å². The number of amides is 1. The van der Waals surface area contributed by atoms with Gasteiger partial charge in [0.2, 0.25) is 0 Å². The van der Waals surface area contributed by atoms with Gasteiger partial charge in [0, 0.05) is 13.0 Å². The summed E-state index contributed by atoms with van der Waals surface area (Å²) in [6.07, 6.45) is 4.97. The zero-order chi connectivity index (χ0) is 19.4. The summed E-state index contributed by atoms with van der Waals surface area (Å²) in [6.45, 7) is 0.330. The molecule has 1 amide bonds. The number of nitrogens with zero attached hydrogens (tertiary/aromatic N) is 4. The lowest BCUT2D eigenvalue weighted by Gasteiger charge is -2.13. The fraction of sp³-hybridized carbons (Fsp3) is 0.235. The van der Waals surface area contributed by atoms with Crippen molar-refractivity contribution < 1.29 is 18.7 Å². The number of benzene rings is 1. The first-order valence-electron chi connectivity index (χ1n) is 7.96. The molecule has 0 N–H and O–H groups in total. The van der Waals surface area contributed by atoms with E-state index < -0.39 is 5.82 Å². The minimum Gasteiger partial charge on any atom is -0.469 e. The van der Waals surface area contributed by atoms with Crippen LogP contribution in [0.4, 0.5) is 4.39 Å². The molecule has 3 rings (SSSR count). The molecular formula is C17H15FN4O3S2. The van der Waals surface area contributed by atoms with Gasteiger partial charge in [0.25, 0.3) is 5.91 Å². The molecule has 10 heteroatoms. The number of methoxy groups -OCH3 is 1. The molecular weight excluding hydrogens is 391 g/mol. The molecule has 27 heavy (non-hydrogen) atoms. The van der Waals surface area contributed by atoms with Gasteiger partial charge in [0.15, 0.2) is 0 Å². The number of hydrogen-bond donors (Lipinski definition) is 0. The van der Waals surface area contributed by atoms with Gasteiger partial charge in [-0.1, -0.05) is 30.0 Å². The maximum atomic E-state index is 14.3. The standard InChI is InChI=1S/C17H15FN4O3S2/c1-25-15(23)3-2-6-21-16(24)14(27-17(21)26)8-11-4-5-13(12(18)7-11)22-10-19-9-20-22/h4-5,7-10H,2-3,6H2,1H3/b14-8+. The molecule has 1 saturated heterocycles. The predicted octanol–water partition coefficient (Wildman–Crippen LogP) is 2.56. The molecule has 1 aliphatic rings. The number of thiocarbonyl (C=S) groups is 1. The van der Waals surface area contributed by atoms with Crippen molar-refractivity contribution in [1.82, 2.24) is 19.7 Å². The molecule has 0 radical (unpaired) electrons. The van der Waals surface area contributed by atoms with Crippen molar-refractivity contribution >= 4 is 46.3 Å². The summed E-state index contributed by atoms with van der Waals surface area (Å²) >= 11 is 6.39. The van der Waals surface area contributed by atoms with Gasteiger partial charge < -0.3 is 4.74 Å². The number of aromatic nitrogens is 3. The van der Waals surface area contributed by atoms with Crippen LogP contribution in [0.15, 0.2) is 35.8 Å². The maximum absolute atomic E-state index is 14.3. The van der Waals surface area contributed by atoms with Gasteiger partial charge in [0.1, 0.15) is 28.5 Å². The van der Waals surface area contributed by atoms with E-state index >= 15 is 0 Å². The Hall–Kier alpha value is -2.59. The normalized spacial score (nSPS) is 15.6. The van der Waals surface area contributed by atoms with Crippen LogP contribution in [-0.4, -0.2) is 49.5 Å². The van der Waals surface area contributed by atoms with Gasteiger partial charge >= 0.3 is 5.97 Å². The van der Waals surface area contributed by atoms with Crippen molar-refractivity contribution in [3.63, 3.8) is 0 Å². The first-order chi connectivity index (χ1) is 13.0. The molecule has 0 aliphatic carbocycles. The molecule has 140 valence electrons. The number of esters is 1. The molecule has 0 bridgehead atoms. The lowest BCUT2D eigenvalue weighted by Crippen LogP contribution is -2.29. The summed E-state index contributed by atoms with van der Waals surface area (Å²) in [7, 11) is 1.32. The Bertz CT molecular complexity index is 915. The number of hydrogen-bond acceptors (Lipinski definition) is 7. The third-order valence-electron chi connectivity index (χ3n) is 3.80. The lowest BCUT2D eigenvalue weighted by atomic mass is 10.1. The second-order valence-corrected chi connectivity index (χ2v) is 7.24. The molecule has 1 fully saturated rings. The van der Waals surface area contributed by atoms with E-state index in [1.807, 2.05) is 0 Å². The minimum atomic E-state index is -0.484. The van der Waals surface area contributed by atoms with Crippen LogP contribution < -0.4 is 0 Å². The zero-order valence-electron chi connectivity index (χ0n) is 14.3. The minimum absolute atomic E-state index is 0.210. The Morgan fingerprint density at radius 1 is 1.44 bits per heavy atom. The van der Waals surface area contributed by atoms with Crippen molar-refractivity contribution in [3.05, 3.63) is 47.1 Å². The van der Waals surface area contributed by atoms with E-state index in [1.165, 1.54) is 35.4 Å². The van der Waals surface area contributed by atoms with E-state index in [2.05, 4.69) is 14.8 Å². The summed E-state index contributed by atoms with van der Waals surface area (Å²) in [4.78, 5) is 29.3. The van der Waals surface area contributed by atoms with Crippen molar-refractivity contribution in [2.24, 2.45) is 0 Å². The third kappa shape index (κ3) is 4.40. The van der Waals surface area contributed by atoms with Crippen LogP contribution in [0.25, 0.3) is 11.8 Å². The van der Waals surface area contributed by atoms with Crippen molar-refractivity contribution in [1.29, 1.82) is 0 Å². The lowest BCUT2D eigenvalue weighted by molar-refractivity contribution is -0.141. The Kier molecular flexibility index (Phi) is 5.97. The summed E-state index contributed by atoms with van der Waals surface area (Å²) in [6, 6.07) is 4.57. The van der Waals surface area contributed by atoms with E-state index in [0.717, 1.165) is 11.8 Å². The van der Waals surface area contributed by atoms with Crippen molar-refractivity contribution in [3.8, 4) is 5.69 Å². The van der Waals surface area contributed by atoms with Crippen LogP contribution in [0, 0.1) is 5.82 Å². The number of carbonyl (C=O) groups excluding carboxylic acids is 2. The summed E-state index contributed by atoms with van der Waals surface area (Å²) in [5, 5.41) is 3.89.